The summed E-state index contributed by atoms with van der Waals surface area (Å²) in [5.41, 5.74) is 0.821. The first kappa shape index (κ1) is 14.3. The molecule has 1 atom stereocenters. The summed E-state index contributed by atoms with van der Waals surface area (Å²) in [4.78, 5) is 11.0. The van der Waals surface area contributed by atoms with Crippen molar-refractivity contribution in [1.29, 1.82) is 0 Å². The van der Waals surface area contributed by atoms with Gasteiger partial charge in [-0.3, -0.25) is 4.79 Å². The van der Waals surface area contributed by atoms with Gasteiger partial charge in [0.2, 0.25) is 0 Å². The van der Waals surface area contributed by atoms with E-state index in [-0.39, 0.29) is 12.6 Å². The average Bonchev–Trinajstić information content (AvgIpc) is 2.50. The van der Waals surface area contributed by atoms with Gasteiger partial charge in [-0.2, -0.15) is 0 Å². The number of ether oxygens (including phenoxy) is 1. The topological polar surface area (TPSA) is 46.5 Å². The van der Waals surface area contributed by atoms with Crippen molar-refractivity contribution in [1.82, 2.24) is 0 Å². The molecule has 0 bridgehead atoms. The monoisotopic (exact) mass is 270 g/mol. The van der Waals surface area contributed by atoms with Crippen molar-refractivity contribution in [2.24, 2.45) is 0 Å². The number of carbonyl (C=O) groups excluding carboxylic acids is 1. The number of aliphatic hydroxyl groups excluding tert-OH is 1. The minimum Gasteiger partial charge on any atom is -0.461 e. The van der Waals surface area contributed by atoms with Crippen LogP contribution in [0.3, 0.4) is 0 Å². The summed E-state index contributed by atoms with van der Waals surface area (Å²) < 4.78 is 4.91. The number of benzene rings is 2. The zero-order valence-corrected chi connectivity index (χ0v) is 11.5. The molecule has 0 saturated carbocycles. The first-order valence-electron chi connectivity index (χ1n) is 6.69. The minimum atomic E-state index is -0.695. The third-order valence-electron chi connectivity index (χ3n) is 3.06. The number of rotatable bonds is 5. The summed E-state index contributed by atoms with van der Waals surface area (Å²) in [5, 5.41) is 12.3. The standard InChI is InChI=1S/C17H18O3/c1-2-17(19)20-11-5-8-16(18)15-10-9-13-6-3-4-7-14(13)12-15/h3-10,12,16,18H,2,11H2,1H3/b8-5+. The van der Waals surface area contributed by atoms with Gasteiger partial charge < -0.3 is 9.84 Å². The molecule has 0 saturated heterocycles. The number of hydrogen-bond donors (Lipinski definition) is 1. The Morgan fingerprint density at radius 3 is 2.75 bits per heavy atom. The third-order valence-corrected chi connectivity index (χ3v) is 3.06. The fourth-order valence-corrected chi connectivity index (χ4v) is 1.93. The number of hydrogen-bond acceptors (Lipinski definition) is 3. The molecule has 0 amide bonds. The molecule has 0 aliphatic carbocycles. The summed E-state index contributed by atoms with van der Waals surface area (Å²) in [6, 6.07) is 13.8. The first-order chi connectivity index (χ1) is 9.70. The highest BCUT2D eigenvalue weighted by molar-refractivity contribution is 5.83. The van der Waals surface area contributed by atoms with E-state index >= 15 is 0 Å². The molecule has 20 heavy (non-hydrogen) atoms. The Hall–Kier alpha value is -2.13. The molecule has 0 fully saturated rings. The number of aliphatic hydroxyl groups is 1. The molecule has 0 radical (unpaired) electrons. The van der Waals surface area contributed by atoms with E-state index in [4.69, 9.17) is 4.74 Å². The maximum Gasteiger partial charge on any atom is 0.305 e. The van der Waals surface area contributed by atoms with Gasteiger partial charge in [-0.25, -0.2) is 0 Å². The van der Waals surface area contributed by atoms with Crippen LogP contribution in [0.2, 0.25) is 0 Å². The Balaban J connectivity index is 2.01. The molecule has 1 unspecified atom stereocenters. The van der Waals surface area contributed by atoms with Crippen molar-refractivity contribution in [3.05, 3.63) is 60.2 Å². The second-order valence-electron chi connectivity index (χ2n) is 4.52. The molecule has 0 aromatic heterocycles. The van der Waals surface area contributed by atoms with Crippen LogP contribution in [-0.2, 0) is 9.53 Å². The van der Waals surface area contributed by atoms with Crippen LogP contribution < -0.4 is 0 Å². The van der Waals surface area contributed by atoms with E-state index in [2.05, 4.69) is 0 Å². The van der Waals surface area contributed by atoms with E-state index in [1.165, 1.54) is 0 Å². The van der Waals surface area contributed by atoms with Crippen LogP contribution in [0, 0.1) is 0 Å². The highest BCUT2D eigenvalue weighted by Gasteiger charge is 2.04. The van der Waals surface area contributed by atoms with Crippen molar-refractivity contribution in [2.45, 2.75) is 19.4 Å². The van der Waals surface area contributed by atoms with Crippen LogP contribution >= 0.6 is 0 Å². The molecule has 3 nitrogen and oxygen atoms in total. The van der Waals surface area contributed by atoms with Crippen LogP contribution in [0.15, 0.2) is 54.6 Å². The molecule has 1 N–H and O–H groups in total. The summed E-state index contributed by atoms with van der Waals surface area (Å²) in [7, 11) is 0. The van der Waals surface area contributed by atoms with Crippen molar-refractivity contribution in [3.8, 4) is 0 Å². The molecular weight excluding hydrogens is 252 g/mol. The number of fused-ring (bicyclic) bond motifs is 1. The van der Waals surface area contributed by atoms with Gasteiger partial charge in [-0.15, -0.1) is 0 Å². The maximum atomic E-state index is 11.0. The van der Waals surface area contributed by atoms with Crippen molar-refractivity contribution in [3.63, 3.8) is 0 Å². The summed E-state index contributed by atoms with van der Waals surface area (Å²) in [5.74, 6) is -0.241. The van der Waals surface area contributed by atoms with E-state index < -0.39 is 6.10 Å². The molecule has 3 heteroatoms. The fraction of sp³-hybridized carbons (Fsp3) is 0.235. The van der Waals surface area contributed by atoms with Gasteiger partial charge >= 0.3 is 5.97 Å². The molecule has 2 aromatic rings. The first-order valence-corrected chi connectivity index (χ1v) is 6.69. The zero-order valence-electron chi connectivity index (χ0n) is 11.5. The lowest BCUT2D eigenvalue weighted by atomic mass is 10.0. The number of carbonyl (C=O) groups is 1. The zero-order chi connectivity index (χ0) is 14.4. The fourth-order valence-electron chi connectivity index (χ4n) is 1.93. The predicted octanol–water partition coefficient (Wildman–Crippen LogP) is 3.38. The molecule has 0 heterocycles. The van der Waals surface area contributed by atoms with E-state index in [0.29, 0.717) is 6.42 Å². The normalized spacial score (nSPS) is 12.7. The van der Waals surface area contributed by atoms with Crippen LogP contribution in [0.4, 0.5) is 0 Å². The SMILES string of the molecule is CCC(=O)OC/C=C/C(O)c1ccc2ccccc2c1. The Kier molecular flexibility index (Phi) is 4.91. The van der Waals surface area contributed by atoms with Gasteiger partial charge in [0.05, 0.1) is 6.10 Å². The van der Waals surface area contributed by atoms with Gasteiger partial charge in [-0.05, 0) is 28.5 Å². The molecular formula is C17H18O3. The van der Waals surface area contributed by atoms with Crippen molar-refractivity contribution in [2.75, 3.05) is 6.61 Å². The van der Waals surface area contributed by atoms with Gasteiger partial charge in [0, 0.05) is 6.42 Å². The largest absolute Gasteiger partial charge is 0.461 e. The van der Waals surface area contributed by atoms with Crippen LogP contribution in [0.1, 0.15) is 25.0 Å². The molecule has 0 spiro atoms. The van der Waals surface area contributed by atoms with E-state index in [1.54, 1.807) is 19.1 Å². The Bertz CT molecular complexity index is 616. The predicted molar refractivity (Wildman–Crippen MR) is 79.3 cm³/mol. The van der Waals surface area contributed by atoms with Crippen molar-refractivity contribution < 1.29 is 14.6 Å². The summed E-state index contributed by atoms with van der Waals surface area (Å²) in [6.45, 7) is 1.94. The maximum absolute atomic E-state index is 11.0. The van der Waals surface area contributed by atoms with Gasteiger partial charge in [-0.1, -0.05) is 49.4 Å². The molecule has 0 aliphatic rings. The smallest absolute Gasteiger partial charge is 0.305 e. The van der Waals surface area contributed by atoms with Gasteiger partial charge in [0.1, 0.15) is 6.61 Å². The Labute approximate surface area is 118 Å². The van der Waals surface area contributed by atoms with Crippen molar-refractivity contribution >= 4 is 16.7 Å². The lowest BCUT2D eigenvalue weighted by molar-refractivity contribution is -0.141. The quantitative estimate of drug-likeness (QED) is 0.669. The highest BCUT2D eigenvalue weighted by Crippen LogP contribution is 2.21. The molecule has 2 aromatic carbocycles. The van der Waals surface area contributed by atoms with Crippen LogP contribution in [0.25, 0.3) is 10.8 Å². The Morgan fingerprint density at radius 2 is 2.00 bits per heavy atom. The second-order valence-corrected chi connectivity index (χ2v) is 4.52. The van der Waals surface area contributed by atoms with E-state index in [1.807, 2.05) is 42.5 Å². The second kappa shape index (κ2) is 6.87. The van der Waals surface area contributed by atoms with Crippen LogP contribution in [-0.4, -0.2) is 17.7 Å². The lowest BCUT2D eigenvalue weighted by Gasteiger charge is -2.07. The number of esters is 1. The molecule has 0 aliphatic heterocycles. The lowest BCUT2D eigenvalue weighted by Crippen LogP contribution is -2.02. The molecule has 2 rings (SSSR count). The van der Waals surface area contributed by atoms with Gasteiger partial charge in [0.25, 0.3) is 0 Å². The van der Waals surface area contributed by atoms with Gasteiger partial charge in [0.15, 0.2) is 0 Å². The minimum absolute atomic E-state index is 0.192. The summed E-state index contributed by atoms with van der Waals surface area (Å²) in [6.07, 6.45) is 2.96. The van der Waals surface area contributed by atoms with Crippen LogP contribution in [0.5, 0.6) is 0 Å². The van der Waals surface area contributed by atoms with E-state index in [0.717, 1.165) is 16.3 Å². The third kappa shape index (κ3) is 3.68. The highest BCUT2D eigenvalue weighted by atomic mass is 16.5. The summed E-state index contributed by atoms with van der Waals surface area (Å²) >= 11 is 0. The molecule has 104 valence electrons. The average molecular weight is 270 g/mol. The Morgan fingerprint density at radius 1 is 1.25 bits per heavy atom. The van der Waals surface area contributed by atoms with E-state index in [9.17, 15) is 9.90 Å².